The fourth-order valence-electron chi connectivity index (χ4n) is 1.81. The van der Waals surface area contributed by atoms with Crippen LogP contribution in [0.25, 0.3) is 0 Å². The van der Waals surface area contributed by atoms with Crippen molar-refractivity contribution in [2.45, 2.75) is 25.9 Å². The molecule has 1 fully saturated rings. The Hall–Kier alpha value is -1.36. The van der Waals surface area contributed by atoms with E-state index in [2.05, 4.69) is 10.2 Å². The minimum absolute atomic E-state index is 0.0366. The molecular formula is C11H17N3O2. The van der Waals surface area contributed by atoms with Crippen LogP contribution in [0, 0.1) is 5.92 Å². The van der Waals surface area contributed by atoms with Gasteiger partial charge in [-0.3, -0.25) is 9.89 Å². The van der Waals surface area contributed by atoms with Crippen LogP contribution >= 0.6 is 0 Å². The Morgan fingerprint density at radius 2 is 2.38 bits per heavy atom. The largest absolute Gasteiger partial charge is 0.386 e. The first-order chi connectivity index (χ1) is 7.51. The molecule has 0 aliphatic carbocycles. The Balaban J connectivity index is 1.86. The molecule has 2 N–H and O–H groups in total. The van der Waals surface area contributed by atoms with Gasteiger partial charge in [-0.2, -0.15) is 5.10 Å². The number of β-amino-alcohol motifs (C(OH)–C–C–N with tert-alkyl or cyclic N) is 1. The number of nitrogens with one attached hydrogen (secondary N) is 1. The molecule has 1 aromatic rings. The van der Waals surface area contributed by atoms with Gasteiger partial charge in [0, 0.05) is 11.9 Å². The lowest BCUT2D eigenvalue weighted by Gasteiger charge is -2.49. The van der Waals surface area contributed by atoms with Crippen LogP contribution in [0.15, 0.2) is 12.3 Å². The van der Waals surface area contributed by atoms with Crippen molar-refractivity contribution in [1.82, 2.24) is 15.1 Å². The zero-order valence-electron chi connectivity index (χ0n) is 9.60. The second-order valence-electron chi connectivity index (χ2n) is 4.77. The second-order valence-corrected chi connectivity index (χ2v) is 4.77. The standard InChI is InChI=1S/C11H17N3O2/c1-8(2)11(16)6-14(7-11)10(15)5-9-3-4-12-13-9/h3-4,8,16H,5-7H2,1-2H3,(H,12,13). The quantitative estimate of drug-likeness (QED) is 0.768. The van der Waals surface area contributed by atoms with Crippen molar-refractivity contribution < 1.29 is 9.90 Å². The first-order valence-corrected chi connectivity index (χ1v) is 5.50. The van der Waals surface area contributed by atoms with Gasteiger partial charge in [0.1, 0.15) is 5.60 Å². The number of aliphatic hydroxyl groups is 1. The molecule has 1 aromatic heterocycles. The van der Waals surface area contributed by atoms with E-state index in [9.17, 15) is 9.90 Å². The molecule has 5 heteroatoms. The maximum absolute atomic E-state index is 11.8. The molecule has 0 aromatic carbocycles. The highest BCUT2D eigenvalue weighted by Gasteiger charge is 2.45. The fraction of sp³-hybridized carbons (Fsp3) is 0.636. The van der Waals surface area contributed by atoms with Gasteiger partial charge in [0.2, 0.25) is 5.91 Å². The van der Waals surface area contributed by atoms with Crippen molar-refractivity contribution in [3.63, 3.8) is 0 Å². The summed E-state index contributed by atoms with van der Waals surface area (Å²) >= 11 is 0. The summed E-state index contributed by atoms with van der Waals surface area (Å²) in [7, 11) is 0. The van der Waals surface area contributed by atoms with E-state index in [-0.39, 0.29) is 11.8 Å². The Labute approximate surface area is 94.5 Å². The first-order valence-electron chi connectivity index (χ1n) is 5.50. The van der Waals surface area contributed by atoms with Gasteiger partial charge in [-0.1, -0.05) is 13.8 Å². The maximum Gasteiger partial charge on any atom is 0.228 e. The summed E-state index contributed by atoms with van der Waals surface area (Å²) in [5.74, 6) is 0.221. The number of aromatic amines is 1. The topological polar surface area (TPSA) is 69.2 Å². The lowest BCUT2D eigenvalue weighted by atomic mass is 9.83. The number of aromatic nitrogens is 2. The number of rotatable bonds is 3. The van der Waals surface area contributed by atoms with E-state index in [0.717, 1.165) is 5.69 Å². The summed E-state index contributed by atoms with van der Waals surface area (Å²) in [4.78, 5) is 13.5. The van der Waals surface area contributed by atoms with E-state index in [1.54, 1.807) is 17.2 Å². The van der Waals surface area contributed by atoms with Crippen LogP contribution in [0.5, 0.6) is 0 Å². The molecule has 1 amide bonds. The fourth-order valence-corrected chi connectivity index (χ4v) is 1.81. The molecule has 0 saturated carbocycles. The van der Waals surface area contributed by atoms with Gasteiger partial charge in [-0.15, -0.1) is 0 Å². The Bertz CT molecular complexity index is 367. The summed E-state index contributed by atoms with van der Waals surface area (Å²) in [6.07, 6.45) is 1.96. The summed E-state index contributed by atoms with van der Waals surface area (Å²) in [5.41, 5.74) is 0.119. The predicted octanol–water partition coefficient (Wildman–Crippen LogP) is 0.181. The van der Waals surface area contributed by atoms with Gasteiger partial charge in [0.25, 0.3) is 0 Å². The van der Waals surface area contributed by atoms with Crippen LogP contribution in [0.3, 0.4) is 0 Å². The SMILES string of the molecule is CC(C)C1(O)CN(C(=O)Cc2ccn[nH]2)C1. The molecule has 2 rings (SSSR count). The molecule has 0 radical (unpaired) electrons. The van der Waals surface area contributed by atoms with Crippen LogP contribution in [-0.2, 0) is 11.2 Å². The van der Waals surface area contributed by atoms with Crippen molar-refractivity contribution in [2.75, 3.05) is 13.1 Å². The number of likely N-dealkylation sites (tertiary alicyclic amines) is 1. The number of hydrogen-bond acceptors (Lipinski definition) is 3. The lowest BCUT2D eigenvalue weighted by Crippen LogP contribution is -2.66. The average Bonchev–Trinajstić information content (AvgIpc) is 2.64. The Morgan fingerprint density at radius 1 is 1.69 bits per heavy atom. The molecular weight excluding hydrogens is 206 g/mol. The molecule has 0 bridgehead atoms. The number of amides is 1. The van der Waals surface area contributed by atoms with Crippen LogP contribution in [0.2, 0.25) is 0 Å². The average molecular weight is 223 g/mol. The molecule has 2 heterocycles. The van der Waals surface area contributed by atoms with Crippen molar-refractivity contribution >= 4 is 5.91 Å². The molecule has 16 heavy (non-hydrogen) atoms. The zero-order chi connectivity index (χ0) is 11.8. The van der Waals surface area contributed by atoms with Crippen LogP contribution in [0.4, 0.5) is 0 Å². The van der Waals surface area contributed by atoms with Crippen molar-refractivity contribution in [1.29, 1.82) is 0 Å². The molecule has 0 atom stereocenters. The summed E-state index contributed by atoms with van der Waals surface area (Å²) in [6, 6.07) is 1.78. The maximum atomic E-state index is 11.8. The summed E-state index contributed by atoms with van der Waals surface area (Å²) in [5, 5.41) is 16.6. The number of hydrogen-bond donors (Lipinski definition) is 2. The Morgan fingerprint density at radius 3 is 2.88 bits per heavy atom. The monoisotopic (exact) mass is 223 g/mol. The smallest absolute Gasteiger partial charge is 0.228 e. The molecule has 1 aliphatic heterocycles. The van der Waals surface area contributed by atoms with E-state index in [1.807, 2.05) is 13.8 Å². The highest BCUT2D eigenvalue weighted by molar-refractivity contribution is 5.79. The molecule has 88 valence electrons. The van der Waals surface area contributed by atoms with Gasteiger partial charge < -0.3 is 10.0 Å². The molecule has 1 aliphatic rings. The number of nitrogens with zero attached hydrogens (tertiary/aromatic N) is 2. The number of carbonyl (C=O) groups excluding carboxylic acids is 1. The number of carbonyl (C=O) groups is 1. The van der Waals surface area contributed by atoms with Gasteiger partial charge in [0.15, 0.2) is 0 Å². The van der Waals surface area contributed by atoms with Gasteiger partial charge in [-0.05, 0) is 12.0 Å². The molecule has 1 saturated heterocycles. The third kappa shape index (κ3) is 1.95. The van der Waals surface area contributed by atoms with Crippen molar-refractivity contribution in [3.8, 4) is 0 Å². The van der Waals surface area contributed by atoms with Crippen LogP contribution in [0.1, 0.15) is 19.5 Å². The van der Waals surface area contributed by atoms with Gasteiger partial charge >= 0.3 is 0 Å². The molecule has 0 spiro atoms. The highest BCUT2D eigenvalue weighted by Crippen LogP contribution is 2.28. The normalized spacial score (nSPS) is 18.6. The third-order valence-corrected chi connectivity index (χ3v) is 3.26. The van der Waals surface area contributed by atoms with E-state index in [4.69, 9.17) is 0 Å². The minimum atomic E-state index is -0.691. The van der Waals surface area contributed by atoms with Crippen LogP contribution in [-0.4, -0.2) is 44.8 Å². The van der Waals surface area contributed by atoms with E-state index in [0.29, 0.717) is 19.5 Å². The lowest BCUT2D eigenvalue weighted by molar-refractivity contribution is -0.163. The zero-order valence-corrected chi connectivity index (χ0v) is 9.60. The Kier molecular flexibility index (Phi) is 2.71. The van der Waals surface area contributed by atoms with E-state index in [1.165, 1.54) is 0 Å². The highest BCUT2D eigenvalue weighted by atomic mass is 16.3. The minimum Gasteiger partial charge on any atom is -0.386 e. The predicted molar refractivity (Wildman–Crippen MR) is 58.7 cm³/mol. The van der Waals surface area contributed by atoms with Gasteiger partial charge in [0.05, 0.1) is 19.5 Å². The van der Waals surface area contributed by atoms with E-state index >= 15 is 0 Å². The third-order valence-electron chi connectivity index (χ3n) is 3.26. The van der Waals surface area contributed by atoms with Crippen molar-refractivity contribution in [2.24, 2.45) is 5.92 Å². The summed E-state index contributed by atoms with van der Waals surface area (Å²) in [6.45, 7) is 4.82. The van der Waals surface area contributed by atoms with Gasteiger partial charge in [-0.25, -0.2) is 0 Å². The van der Waals surface area contributed by atoms with Crippen molar-refractivity contribution in [3.05, 3.63) is 18.0 Å². The second kappa shape index (κ2) is 3.90. The van der Waals surface area contributed by atoms with Crippen LogP contribution < -0.4 is 0 Å². The van der Waals surface area contributed by atoms with E-state index < -0.39 is 5.60 Å². The molecule has 0 unspecified atom stereocenters. The number of H-pyrrole nitrogens is 1. The summed E-state index contributed by atoms with van der Waals surface area (Å²) < 4.78 is 0. The first kappa shape index (κ1) is 11.1. The molecule has 5 nitrogen and oxygen atoms in total.